The molecule has 2 aromatic rings. The number of pyridine rings is 1. The average Bonchev–Trinajstić information content (AvgIpc) is 2.81. The molecule has 3 rings (SSSR count). The summed E-state index contributed by atoms with van der Waals surface area (Å²) < 4.78 is 27.9. The second-order valence-electron chi connectivity index (χ2n) is 8.20. The molecule has 2 atom stereocenters. The number of hydrogen-bond acceptors (Lipinski definition) is 4. The van der Waals surface area contributed by atoms with Gasteiger partial charge < -0.3 is 16.0 Å². The summed E-state index contributed by atoms with van der Waals surface area (Å²) >= 11 is 0. The molecule has 1 fully saturated rings. The molecule has 32 heavy (non-hydrogen) atoms. The minimum absolute atomic E-state index is 0.116. The van der Waals surface area contributed by atoms with Crippen LogP contribution in [0.1, 0.15) is 64.2 Å². The van der Waals surface area contributed by atoms with Crippen molar-refractivity contribution >= 4 is 11.8 Å². The quantitative estimate of drug-likeness (QED) is 0.546. The van der Waals surface area contributed by atoms with Gasteiger partial charge in [0.15, 0.2) is 0 Å². The first kappa shape index (κ1) is 23.8. The van der Waals surface area contributed by atoms with Crippen LogP contribution in [0.25, 0.3) is 0 Å². The lowest BCUT2D eigenvalue weighted by Crippen LogP contribution is -2.46. The summed E-state index contributed by atoms with van der Waals surface area (Å²) in [6.07, 6.45) is 1.25. The van der Waals surface area contributed by atoms with Crippen molar-refractivity contribution in [2.45, 2.75) is 38.0 Å². The van der Waals surface area contributed by atoms with Crippen molar-refractivity contribution in [3.05, 3.63) is 65.0 Å². The van der Waals surface area contributed by atoms with Crippen LogP contribution in [0.15, 0.2) is 42.5 Å². The highest BCUT2D eigenvalue weighted by atomic mass is 19.3. The second-order valence-corrected chi connectivity index (χ2v) is 8.20. The van der Waals surface area contributed by atoms with Crippen LogP contribution in [0, 0.1) is 5.92 Å². The van der Waals surface area contributed by atoms with Crippen molar-refractivity contribution < 1.29 is 18.4 Å². The van der Waals surface area contributed by atoms with Crippen LogP contribution in [0.4, 0.5) is 8.78 Å². The van der Waals surface area contributed by atoms with E-state index in [-0.39, 0.29) is 30.0 Å². The lowest BCUT2D eigenvalue weighted by Gasteiger charge is -2.31. The molecule has 0 saturated carbocycles. The molecule has 0 aliphatic carbocycles. The summed E-state index contributed by atoms with van der Waals surface area (Å²) in [6.45, 7) is 2.56. The zero-order valence-electron chi connectivity index (χ0n) is 18.5. The maximum atomic E-state index is 13.9. The summed E-state index contributed by atoms with van der Waals surface area (Å²) in [5.74, 6) is -4.22. The van der Waals surface area contributed by atoms with E-state index in [1.807, 2.05) is 37.3 Å². The highest BCUT2D eigenvalue weighted by Gasteiger charge is 2.40. The maximum Gasteiger partial charge on any atom is 0.269 e. The third-order valence-electron chi connectivity index (χ3n) is 5.95. The number of piperidine rings is 1. The predicted molar refractivity (Wildman–Crippen MR) is 119 cm³/mol. The molecule has 1 saturated heterocycles. The maximum absolute atomic E-state index is 13.9. The molecule has 3 N–H and O–H groups in total. The number of carbonyl (C=O) groups excluding carboxylic acids is 2. The van der Waals surface area contributed by atoms with Gasteiger partial charge in [-0.3, -0.25) is 9.59 Å². The van der Waals surface area contributed by atoms with Gasteiger partial charge >= 0.3 is 0 Å². The van der Waals surface area contributed by atoms with E-state index < -0.39 is 11.8 Å². The number of nitrogens with one attached hydrogen (secondary N) is 3. The molecule has 2 amide bonds. The molecular formula is C24H30F2N4O2. The Kier molecular flexibility index (Phi) is 7.90. The molecule has 1 aromatic carbocycles. The van der Waals surface area contributed by atoms with E-state index in [4.69, 9.17) is 0 Å². The lowest BCUT2D eigenvalue weighted by atomic mass is 9.89. The van der Waals surface area contributed by atoms with Gasteiger partial charge in [0.2, 0.25) is 0 Å². The number of amides is 2. The van der Waals surface area contributed by atoms with Crippen LogP contribution in [-0.4, -0.2) is 49.4 Å². The van der Waals surface area contributed by atoms with Gasteiger partial charge in [-0.25, -0.2) is 13.8 Å². The molecule has 1 aliphatic rings. The molecule has 8 heteroatoms. The van der Waals surface area contributed by atoms with Gasteiger partial charge in [-0.1, -0.05) is 37.3 Å². The Balaban J connectivity index is 1.68. The van der Waals surface area contributed by atoms with Crippen LogP contribution in [0.3, 0.4) is 0 Å². The Bertz CT molecular complexity index is 937. The number of halogens is 2. The van der Waals surface area contributed by atoms with Gasteiger partial charge in [-0.15, -0.1) is 0 Å². The molecule has 1 aromatic heterocycles. The van der Waals surface area contributed by atoms with Crippen molar-refractivity contribution in [2.24, 2.45) is 5.92 Å². The van der Waals surface area contributed by atoms with E-state index in [0.717, 1.165) is 5.56 Å². The zero-order valence-corrected chi connectivity index (χ0v) is 18.5. The highest BCUT2D eigenvalue weighted by Crippen LogP contribution is 2.32. The van der Waals surface area contributed by atoms with Crippen molar-refractivity contribution in [1.82, 2.24) is 20.9 Å². The first-order valence-electron chi connectivity index (χ1n) is 11.0. The van der Waals surface area contributed by atoms with Gasteiger partial charge in [-0.2, -0.15) is 0 Å². The van der Waals surface area contributed by atoms with E-state index in [1.54, 1.807) is 6.07 Å². The number of alkyl halides is 2. The Morgan fingerprint density at radius 1 is 1.22 bits per heavy atom. The van der Waals surface area contributed by atoms with Crippen molar-refractivity contribution in [1.29, 1.82) is 0 Å². The van der Waals surface area contributed by atoms with Crippen molar-refractivity contribution in [2.75, 3.05) is 26.7 Å². The van der Waals surface area contributed by atoms with E-state index in [0.29, 0.717) is 43.6 Å². The number of nitrogens with zero attached hydrogens (tertiary/aromatic N) is 1. The third kappa shape index (κ3) is 5.88. The fourth-order valence-electron chi connectivity index (χ4n) is 3.96. The van der Waals surface area contributed by atoms with Crippen LogP contribution in [0.5, 0.6) is 0 Å². The van der Waals surface area contributed by atoms with Crippen LogP contribution in [0.2, 0.25) is 0 Å². The van der Waals surface area contributed by atoms with Gasteiger partial charge in [0, 0.05) is 36.7 Å². The smallest absolute Gasteiger partial charge is 0.269 e. The molecule has 0 radical (unpaired) electrons. The summed E-state index contributed by atoms with van der Waals surface area (Å²) in [4.78, 5) is 29.4. The average molecular weight is 445 g/mol. The zero-order chi connectivity index (χ0) is 23.1. The Morgan fingerprint density at radius 3 is 2.66 bits per heavy atom. The molecule has 0 bridgehead atoms. The van der Waals surface area contributed by atoms with Crippen LogP contribution in [-0.2, 0) is 0 Å². The minimum Gasteiger partial charge on any atom is -0.354 e. The van der Waals surface area contributed by atoms with E-state index >= 15 is 0 Å². The van der Waals surface area contributed by atoms with Crippen LogP contribution < -0.4 is 16.0 Å². The van der Waals surface area contributed by atoms with Gasteiger partial charge in [-0.05, 0) is 43.5 Å². The topological polar surface area (TPSA) is 83.1 Å². The van der Waals surface area contributed by atoms with E-state index in [2.05, 4.69) is 20.9 Å². The van der Waals surface area contributed by atoms with Gasteiger partial charge in [0.25, 0.3) is 17.7 Å². The number of rotatable bonds is 8. The summed E-state index contributed by atoms with van der Waals surface area (Å²) in [7, 11) is 1.51. The predicted octanol–water partition coefficient (Wildman–Crippen LogP) is 3.35. The monoisotopic (exact) mass is 444 g/mol. The number of benzene rings is 1. The first-order chi connectivity index (χ1) is 15.3. The minimum atomic E-state index is -2.71. The molecule has 6 nitrogen and oxygen atoms in total. The normalized spacial score (nSPS) is 18.6. The molecule has 172 valence electrons. The molecule has 2 heterocycles. The van der Waals surface area contributed by atoms with E-state index in [1.165, 1.54) is 13.1 Å². The fourth-order valence-corrected chi connectivity index (χ4v) is 3.96. The SMILES string of the molecule is CNC(=O)c1cc(C(=O)NCCC[C@@H]2CCNCC2(F)F)cc([C@@H](C)c2ccccc2)n1. The largest absolute Gasteiger partial charge is 0.354 e. The first-order valence-corrected chi connectivity index (χ1v) is 11.0. The van der Waals surface area contributed by atoms with E-state index in [9.17, 15) is 18.4 Å². The summed E-state index contributed by atoms with van der Waals surface area (Å²) in [5.41, 5.74) is 2.11. The summed E-state index contributed by atoms with van der Waals surface area (Å²) in [5, 5.41) is 8.06. The Hall–Kier alpha value is -2.87. The molecular weight excluding hydrogens is 414 g/mol. The number of hydrogen-bond donors (Lipinski definition) is 3. The second kappa shape index (κ2) is 10.6. The van der Waals surface area contributed by atoms with Crippen molar-refractivity contribution in [3.8, 4) is 0 Å². The number of aromatic nitrogens is 1. The van der Waals surface area contributed by atoms with Gasteiger partial charge in [0.1, 0.15) is 5.69 Å². The highest BCUT2D eigenvalue weighted by molar-refractivity contribution is 5.98. The molecule has 0 unspecified atom stereocenters. The van der Waals surface area contributed by atoms with Gasteiger partial charge in [0.05, 0.1) is 6.54 Å². The number of carbonyl (C=O) groups is 2. The van der Waals surface area contributed by atoms with Crippen LogP contribution >= 0.6 is 0 Å². The Morgan fingerprint density at radius 2 is 1.97 bits per heavy atom. The van der Waals surface area contributed by atoms with Crippen molar-refractivity contribution in [3.63, 3.8) is 0 Å². The summed E-state index contributed by atoms with van der Waals surface area (Å²) in [6, 6.07) is 12.8. The molecule has 0 spiro atoms. The fraction of sp³-hybridized carbons (Fsp3) is 0.458. The lowest BCUT2D eigenvalue weighted by molar-refractivity contribution is -0.0762. The third-order valence-corrected chi connectivity index (χ3v) is 5.95. The standard InChI is InChI=1S/C24H30F2N4O2/c1-16(17-7-4-3-5-8-17)20-13-18(14-21(30-20)23(32)27-2)22(31)29-11-6-9-19-10-12-28-15-24(19,25)26/h3-5,7-8,13-14,16,19,28H,6,9-12,15H2,1-2H3,(H,27,32)(H,29,31)/t16-,19+/m0/s1. The molecule has 1 aliphatic heterocycles. The Labute approximate surface area is 187 Å².